The zero-order valence-electron chi connectivity index (χ0n) is 11.6. The summed E-state index contributed by atoms with van der Waals surface area (Å²) in [6.07, 6.45) is 3.37. The van der Waals surface area contributed by atoms with Crippen LogP contribution in [0.2, 0.25) is 0 Å². The van der Waals surface area contributed by atoms with Gasteiger partial charge in [-0.05, 0) is 24.6 Å². The summed E-state index contributed by atoms with van der Waals surface area (Å²) in [4.78, 5) is 8.56. The highest BCUT2D eigenvalue weighted by Crippen LogP contribution is 2.29. The van der Waals surface area contributed by atoms with Crippen LogP contribution in [-0.2, 0) is 6.54 Å². The first kappa shape index (κ1) is 13.5. The maximum Gasteiger partial charge on any atom is 0.238 e. The summed E-state index contributed by atoms with van der Waals surface area (Å²) in [7, 11) is 1.88. The fourth-order valence-electron chi connectivity index (χ4n) is 1.86. The predicted molar refractivity (Wildman–Crippen MR) is 75.4 cm³/mol. The molecule has 0 saturated heterocycles. The van der Waals surface area contributed by atoms with E-state index in [0.29, 0.717) is 18.3 Å². The molecule has 0 spiro atoms. The highest BCUT2D eigenvalue weighted by atomic mass is 16.5. The zero-order valence-corrected chi connectivity index (χ0v) is 11.6. The molecule has 1 aromatic carbocycles. The van der Waals surface area contributed by atoms with Crippen LogP contribution in [0.3, 0.4) is 0 Å². The van der Waals surface area contributed by atoms with Gasteiger partial charge in [0.25, 0.3) is 0 Å². The number of para-hydroxylation sites is 1. The molecule has 1 heterocycles. The Bertz CT molecular complexity index is 540. The first-order valence-electron chi connectivity index (χ1n) is 6.43. The fourth-order valence-corrected chi connectivity index (χ4v) is 1.86. The van der Waals surface area contributed by atoms with Gasteiger partial charge in [-0.2, -0.15) is 0 Å². The van der Waals surface area contributed by atoms with E-state index in [9.17, 15) is 0 Å². The molecule has 100 valence electrons. The Balaban J connectivity index is 2.23. The van der Waals surface area contributed by atoms with Crippen molar-refractivity contribution in [2.75, 3.05) is 7.05 Å². The van der Waals surface area contributed by atoms with Gasteiger partial charge in [-0.15, -0.1) is 0 Å². The van der Waals surface area contributed by atoms with Crippen LogP contribution in [0.1, 0.15) is 31.0 Å². The van der Waals surface area contributed by atoms with Gasteiger partial charge in [0.15, 0.2) is 0 Å². The SMILES string of the molecule is CNCc1cncc(Oc2ccccc2C(C)C)n1. The van der Waals surface area contributed by atoms with Gasteiger partial charge in [-0.3, -0.25) is 4.98 Å². The van der Waals surface area contributed by atoms with Crippen molar-refractivity contribution in [2.24, 2.45) is 0 Å². The van der Waals surface area contributed by atoms with E-state index in [4.69, 9.17) is 4.74 Å². The van der Waals surface area contributed by atoms with Crippen molar-refractivity contribution < 1.29 is 4.74 Å². The van der Waals surface area contributed by atoms with E-state index in [1.54, 1.807) is 12.4 Å². The zero-order chi connectivity index (χ0) is 13.7. The summed E-state index contributed by atoms with van der Waals surface area (Å²) in [6.45, 7) is 4.96. The van der Waals surface area contributed by atoms with Gasteiger partial charge in [-0.25, -0.2) is 4.98 Å². The number of nitrogens with one attached hydrogen (secondary N) is 1. The van der Waals surface area contributed by atoms with Crippen LogP contribution in [0.5, 0.6) is 11.6 Å². The van der Waals surface area contributed by atoms with Gasteiger partial charge in [0, 0.05) is 12.7 Å². The van der Waals surface area contributed by atoms with Crippen molar-refractivity contribution in [1.82, 2.24) is 15.3 Å². The van der Waals surface area contributed by atoms with Crippen LogP contribution >= 0.6 is 0 Å². The minimum absolute atomic E-state index is 0.407. The van der Waals surface area contributed by atoms with Crippen molar-refractivity contribution in [1.29, 1.82) is 0 Å². The molecule has 1 N–H and O–H groups in total. The Morgan fingerprint density at radius 3 is 2.74 bits per heavy atom. The molecule has 0 aliphatic carbocycles. The molecule has 0 amide bonds. The summed E-state index contributed by atoms with van der Waals surface area (Å²) in [5.74, 6) is 1.78. The Morgan fingerprint density at radius 2 is 2.00 bits per heavy atom. The molecule has 0 bridgehead atoms. The number of hydrogen-bond acceptors (Lipinski definition) is 4. The molecule has 19 heavy (non-hydrogen) atoms. The quantitative estimate of drug-likeness (QED) is 0.894. The van der Waals surface area contributed by atoms with Gasteiger partial charge < -0.3 is 10.1 Å². The molecule has 0 atom stereocenters. The predicted octanol–water partition coefficient (Wildman–Crippen LogP) is 3.11. The number of rotatable bonds is 5. The van der Waals surface area contributed by atoms with Crippen molar-refractivity contribution in [3.8, 4) is 11.6 Å². The third-order valence-electron chi connectivity index (χ3n) is 2.78. The Labute approximate surface area is 113 Å². The molecular formula is C15H19N3O. The first-order valence-corrected chi connectivity index (χ1v) is 6.43. The van der Waals surface area contributed by atoms with Gasteiger partial charge >= 0.3 is 0 Å². The maximum absolute atomic E-state index is 5.86. The van der Waals surface area contributed by atoms with E-state index in [0.717, 1.165) is 11.4 Å². The van der Waals surface area contributed by atoms with Gasteiger partial charge in [-0.1, -0.05) is 32.0 Å². The van der Waals surface area contributed by atoms with Crippen molar-refractivity contribution in [2.45, 2.75) is 26.3 Å². The van der Waals surface area contributed by atoms with Gasteiger partial charge in [0.05, 0.1) is 11.9 Å². The van der Waals surface area contributed by atoms with E-state index in [1.807, 2.05) is 25.2 Å². The number of nitrogens with zero attached hydrogens (tertiary/aromatic N) is 2. The lowest BCUT2D eigenvalue weighted by atomic mass is 10.0. The van der Waals surface area contributed by atoms with Gasteiger partial charge in [0.1, 0.15) is 5.75 Å². The second-order valence-electron chi connectivity index (χ2n) is 4.67. The second-order valence-corrected chi connectivity index (χ2v) is 4.67. The molecule has 2 rings (SSSR count). The minimum atomic E-state index is 0.407. The van der Waals surface area contributed by atoms with E-state index in [-0.39, 0.29) is 0 Å². The van der Waals surface area contributed by atoms with Crippen LogP contribution in [0.4, 0.5) is 0 Å². The Kier molecular flexibility index (Phi) is 4.47. The van der Waals surface area contributed by atoms with E-state index in [1.165, 1.54) is 5.56 Å². The smallest absolute Gasteiger partial charge is 0.238 e. The van der Waals surface area contributed by atoms with E-state index >= 15 is 0 Å². The summed E-state index contributed by atoms with van der Waals surface area (Å²) in [5, 5.41) is 3.05. The lowest BCUT2D eigenvalue weighted by Gasteiger charge is -2.13. The van der Waals surface area contributed by atoms with Crippen LogP contribution in [0.15, 0.2) is 36.7 Å². The first-order chi connectivity index (χ1) is 9.20. The standard InChI is InChI=1S/C15H19N3O/c1-11(2)13-6-4-5-7-14(13)19-15-10-17-9-12(18-15)8-16-3/h4-7,9-11,16H,8H2,1-3H3. The lowest BCUT2D eigenvalue weighted by molar-refractivity contribution is 0.449. The number of aromatic nitrogens is 2. The summed E-state index contributed by atoms with van der Waals surface area (Å²) in [5.41, 5.74) is 2.03. The molecule has 1 aromatic heterocycles. The normalized spacial score (nSPS) is 10.7. The van der Waals surface area contributed by atoms with E-state index < -0.39 is 0 Å². The maximum atomic E-state index is 5.86. The molecule has 0 unspecified atom stereocenters. The topological polar surface area (TPSA) is 47.0 Å². The summed E-state index contributed by atoms with van der Waals surface area (Å²) < 4.78 is 5.86. The molecule has 0 aliphatic rings. The van der Waals surface area contributed by atoms with Crippen molar-refractivity contribution >= 4 is 0 Å². The fraction of sp³-hybridized carbons (Fsp3) is 0.333. The molecule has 0 saturated carbocycles. The Morgan fingerprint density at radius 1 is 1.21 bits per heavy atom. The highest BCUT2D eigenvalue weighted by molar-refractivity contribution is 5.37. The Hall–Kier alpha value is -1.94. The second kappa shape index (κ2) is 6.29. The van der Waals surface area contributed by atoms with Crippen LogP contribution < -0.4 is 10.1 Å². The molecular weight excluding hydrogens is 238 g/mol. The van der Waals surface area contributed by atoms with E-state index in [2.05, 4.69) is 35.2 Å². The number of benzene rings is 1. The van der Waals surface area contributed by atoms with Gasteiger partial charge in [0.2, 0.25) is 5.88 Å². The minimum Gasteiger partial charge on any atom is -0.437 e. The molecule has 2 aromatic rings. The van der Waals surface area contributed by atoms with Crippen molar-refractivity contribution in [3.05, 3.63) is 47.9 Å². The average Bonchev–Trinajstić information content (AvgIpc) is 2.40. The number of hydrogen-bond donors (Lipinski definition) is 1. The molecule has 4 nitrogen and oxygen atoms in total. The third-order valence-corrected chi connectivity index (χ3v) is 2.78. The third kappa shape index (κ3) is 3.51. The summed E-state index contributed by atoms with van der Waals surface area (Å²) in [6, 6.07) is 8.02. The average molecular weight is 257 g/mol. The highest BCUT2D eigenvalue weighted by Gasteiger charge is 2.09. The lowest BCUT2D eigenvalue weighted by Crippen LogP contribution is -2.07. The number of ether oxygens (including phenoxy) is 1. The monoisotopic (exact) mass is 257 g/mol. The van der Waals surface area contributed by atoms with Crippen molar-refractivity contribution in [3.63, 3.8) is 0 Å². The molecule has 0 fully saturated rings. The van der Waals surface area contributed by atoms with Crippen LogP contribution in [0, 0.1) is 0 Å². The largest absolute Gasteiger partial charge is 0.437 e. The molecule has 0 radical (unpaired) electrons. The molecule has 4 heteroatoms. The summed E-state index contributed by atoms with van der Waals surface area (Å²) >= 11 is 0. The van der Waals surface area contributed by atoms with Crippen LogP contribution in [0.25, 0.3) is 0 Å². The van der Waals surface area contributed by atoms with Crippen LogP contribution in [-0.4, -0.2) is 17.0 Å². The molecule has 0 aliphatic heterocycles.